The zero-order valence-electron chi connectivity index (χ0n) is 14.3. The molecule has 1 N–H and O–H groups in total. The van der Waals surface area contributed by atoms with Gasteiger partial charge in [-0.15, -0.1) is 23.5 Å². The minimum absolute atomic E-state index is 0.102. The summed E-state index contributed by atoms with van der Waals surface area (Å²) in [5.41, 5.74) is 0.875. The zero-order valence-corrected chi connectivity index (χ0v) is 15.9. The van der Waals surface area contributed by atoms with Crippen molar-refractivity contribution in [2.75, 3.05) is 38.3 Å². The first-order chi connectivity index (χ1) is 12.1. The molecule has 136 valence electrons. The number of amides is 1. The standard InChI is InChI=1S/C18H23NO4S2/c1-23-12-18(17(21)22)7-8-19(11-18)15(20)13-3-5-14(6-4-13)16-24-9-2-10-25-16/h3-6,16H,2,7-12H2,1H3,(H,21,22). The van der Waals surface area contributed by atoms with E-state index in [1.165, 1.54) is 30.6 Å². The third-order valence-corrected chi connectivity index (χ3v) is 7.79. The molecule has 1 aromatic rings. The van der Waals surface area contributed by atoms with Gasteiger partial charge in [-0.25, -0.2) is 0 Å². The van der Waals surface area contributed by atoms with Gasteiger partial charge in [-0.2, -0.15) is 0 Å². The molecule has 0 bridgehead atoms. The quantitative estimate of drug-likeness (QED) is 0.845. The Labute approximate surface area is 156 Å². The number of hydrogen-bond acceptors (Lipinski definition) is 5. The molecule has 1 atom stereocenters. The van der Waals surface area contributed by atoms with E-state index in [2.05, 4.69) is 0 Å². The van der Waals surface area contributed by atoms with Crippen LogP contribution in [0.5, 0.6) is 0 Å². The summed E-state index contributed by atoms with van der Waals surface area (Å²) < 4.78 is 5.53. The molecule has 0 saturated carbocycles. The van der Waals surface area contributed by atoms with Crippen LogP contribution in [0.15, 0.2) is 24.3 Å². The van der Waals surface area contributed by atoms with E-state index in [0.717, 1.165) is 0 Å². The van der Waals surface area contributed by atoms with Crippen molar-refractivity contribution >= 4 is 35.4 Å². The highest BCUT2D eigenvalue weighted by Gasteiger charge is 2.46. The summed E-state index contributed by atoms with van der Waals surface area (Å²) in [4.78, 5) is 26.0. The molecule has 0 radical (unpaired) electrons. The van der Waals surface area contributed by atoms with Gasteiger partial charge < -0.3 is 14.7 Å². The first-order valence-corrected chi connectivity index (χ1v) is 10.5. The fourth-order valence-corrected chi connectivity index (χ4v) is 6.22. The predicted molar refractivity (Wildman–Crippen MR) is 101 cm³/mol. The van der Waals surface area contributed by atoms with E-state index in [9.17, 15) is 14.7 Å². The van der Waals surface area contributed by atoms with Crippen molar-refractivity contribution in [2.45, 2.75) is 17.4 Å². The monoisotopic (exact) mass is 381 g/mol. The van der Waals surface area contributed by atoms with Crippen molar-refractivity contribution in [1.82, 2.24) is 4.90 Å². The number of methoxy groups -OCH3 is 1. The van der Waals surface area contributed by atoms with E-state index in [0.29, 0.717) is 23.1 Å². The van der Waals surface area contributed by atoms with Gasteiger partial charge in [0.15, 0.2) is 0 Å². The number of ether oxygens (including phenoxy) is 1. The molecule has 2 aliphatic rings. The van der Waals surface area contributed by atoms with E-state index in [-0.39, 0.29) is 19.1 Å². The van der Waals surface area contributed by atoms with Gasteiger partial charge in [0, 0.05) is 25.8 Å². The Kier molecular flexibility index (Phi) is 5.96. The van der Waals surface area contributed by atoms with Crippen molar-refractivity contribution in [3.8, 4) is 0 Å². The largest absolute Gasteiger partial charge is 0.481 e. The Morgan fingerprint density at radius 1 is 1.28 bits per heavy atom. The van der Waals surface area contributed by atoms with Crippen LogP contribution < -0.4 is 0 Å². The molecule has 5 nitrogen and oxygen atoms in total. The number of hydrogen-bond donors (Lipinski definition) is 1. The van der Waals surface area contributed by atoms with Crippen molar-refractivity contribution in [3.63, 3.8) is 0 Å². The molecule has 0 aliphatic carbocycles. The van der Waals surface area contributed by atoms with Crippen LogP contribution in [0.1, 0.15) is 33.3 Å². The first-order valence-electron chi connectivity index (χ1n) is 8.40. The molecule has 2 saturated heterocycles. The van der Waals surface area contributed by atoms with Crippen LogP contribution >= 0.6 is 23.5 Å². The Hall–Kier alpha value is -1.18. The molecule has 1 unspecified atom stereocenters. The molecule has 3 rings (SSSR count). The number of carbonyl (C=O) groups excluding carboxylic acids is 1. The summed E-state index contributed by atoms with van der Waals surface area (Å²) in [6.45, 7) is 0.775. The van der Waals surface area contributed by atoms with Gasteiger partial charge in [-0.3, -0.25) is 9.59 Å². The number of carboxylic acid groups (broad SMARTS) is 1. The third kappa shape index (κ3) is 3.99. The van der Waals surface area contributed by atoms with Crippen LogP contribution in [0.2, 0.25) is 0 Å². The van der Waals surface area contributed by atoms with E-state index in [4.69, 9.17) is 4.74 Å². The lowest BCUT2D eigenvalue weighted by molar-refractivity contribution is -0.151. The lowest BCUT2D eigenvalue weighted by Crippen LogP contribution is -2.40. The van der Waals surface area contributed by atoms with Gasteiger partial charge in [0.1, 0.15) is 5.41 Å². The Bertz CT molecular complexity index is 630. The Morgan fingerprint density at radius 2 is 1.96 bits per heavy atom. The molecule has 1 aromatic carbocycles. The van der Waals surface area contributed by atoms with E-state index in [1.54, 1.807) is 4.90 Å². The van der Waals surface area contributed by atoms with Gasteiger partial charge in [-0.05, 0) is 42.0 Å². The second-order valence-corrected chi connectivity index (χ2v) is 9.27. The molecule has 2 heterocycles. The molecule has 7 heteroatoms. The third-order valence-electron chi connectivity index (χ3n) is 4.77. The summed E-state index contributed by atoms with van der Waals surface area (Å²) in [6.07, 6.45) is 1.68. The van der Waals surface area contributed by atoms with Crippen LogP contribution in [-0.2, 0) is 9.53 Å². The number of benzene rings is 1. The second kappa shape index (κ2) is 8.01. The van der Waals surface area contributed by atoms with Crippen LogP contribution in [0, 0.1) is 5.41 Å². The second-order valence-electron chi connectivity index (χ2n) is 6.54. The lowest BCUT2D eigenvalue weighted by Gasteiger charge is -2.24. The number of likely N-dealkylation sites (tertiary alicyclic amines) is 1. The van der Waals surface area contributed by atoms with E-state index >= 15 is 0 Å². The molecule has 2 aliphatic heterocycles. The fourth-order valence-electron chi connectivity index (χ4n) is 3.32. The summed E-state index contributed by atoms with van der Waals surface area (Å²) in [7, 11) is 1.50. The number of nitrogens with zero attached hydrogens (tertiary/aromatic N) is 1. The van der Waals surface area contributed by atoms with Crippen molar-refractivity contribution < 1.29 is 19.4 Å². The first kappa shape index (κ1) is 18.6. The average Bonchev–Trinajstić information content (AvgIpc) is 3.08. The lowest BCUT2D eigenvalue weighted by atomic mass is 9.88. The maximum atomic E-state index is 12.7. The summed E-state index contributed by atoms with van der Waals surface area (Å²) in [5.74, 6) is 1.37. The van der Waals surface area contributed by atoms with Crippen molar-refractivity contribution in [1.29, 1.82) is 0 Å². The highest BCUT2D eigenvalue weighted by molar-refractivity contribution is 8.16. The van der Waals surface area contributed by atoms with Gasteiger partial charge in [0.25, 0.3) is 5.91 Å². The van der Waals surface area contributed by atoms with Gasteiger partial charge in [-0.1, -0.05) is 12.1 Å². The van der Waals surface area contributed by atoms with Gasteiger partial charge in [0.2, 0.25) is 0 Å². The number of carboxylic acids is 1. The summed E-state index contributed by atoms with van der Waals surface area (Å²) >= 11 is 3.91. The Morgan fingerprint density at radius 3 is 2.56 bits per heavy atom. The summed E-state index contributed by atoms with van der Waals surface area (Å²) in [6, 6.07) is 7.78. The SMILES string of the molecule is COCC1(C(=O)O)CCN(C(=O)c2ccc(C3SCCCS3)cc2)C1. The predicted octanol–water partition coefficient (Wildman–Crippen LogP) is 3.12. The number of thioether (sulfide) groups is 2. The smallest absolute Gasteiger partial charge is 0.313 e. The molecule has 2 fully saturated rings. The minimum atomic E-state index is -0.986. The molecule has 0 spiro atoms. The highest BCUT2D eigenvalue weighted by atomic mass is 32.2. The topological polar surface area (TPSA) is 66.8 Å². The summed E-state index contributed by atoms with van der Waals surface area (Å²) in [5, 5.41) is 9.52. The highest BCUT2D eigenvalue weighted by Crippen LogP contribution is 2.43. The maximum absolute atomic E-state index is 12.7. The van der Waals surface area contributed by atoms with Crippen molar-refractivity contribution in [3.05, 3.63) is 35.4 Å². The number of rotatable bonds is 5. The Balaban J connectivity index is 1.68. The molecule has 25 heavy (non-hydrogen) atoms. The van der Waals surface area contributed by atoms with E-state index < -0.39 is 11.4 Å². The van der Waals surface area contributed by atoms with Crippen LogP contribution in [0.4, 0.5) is 0 Å². The van der Waals surface area contributed by atoms with Crippen LogP contribution in [-0.4, -0.2) is 60.2 Å². The van der Waals surface area contributed by atoms with Gasteiger partial charge in [0.05, 0.1) is 11.2 Å². The number of aliphatic carboxylic acids is 1. The molecular weight excluding hydrogens is 358 g/mol. The molecule has 0 aromatic heterocycles. The van der Waals surface area contributed by atoms with Gasteiger partial charge >= 0.3 is 5.97 Å². The normalized spacial score (nSPS) is 24.4. The minimum Gasteiger partial charge on any atom is -0.481 e. The van der Waals surface area contributed by atoms with Crippen LogP contribution in [0.25, 0.3) is 0 Å². The number of carbonyl (C=O) groups is 2. The molecular formula is C18H23NO4S2. The average molecular weight is 382 g/mol. The maximum Gasteiger partial charge on any atom is 0.313 e. The van der Waals surface area contributed by atoms with E-state index in [1.807, 2.05) is 47.8 Å². The van der Waals surface area contributed by atoms with Crippen LogP contribution in [0.3, 0.4) is 0 Å². The fraction of sp³-hybridized carbons (Fsp3) is 0.556. The zero-order chi connectivity index (χ0) is 17.9. The molecule has 1 amide bonds. The van der Waals surface area contributed by atoms with Crippen molar-refractivity contribution in [2.24, 2.45) is 5.41 Å².